The highest BCUT2D eigenvalue weighted by Crippen LogP contribution is 2.11. The lowest BCUT2D eigenvalue weighted by atomic mass is 10.5. The van der Waals surface area contributed by atoms with E-state index in [2.05, 4.69) is 0 Å². The number of aliphatic hydroxyl groups is 2. The second kappa shape index (κ2) is 9.06. The van der Waals surface area contributed by atoms with E-state index in [4.69, 9.17) is 19.3 Å². The van der Waals surface area contributed by atoms with E-state index in [1.807, 2.05) is 13.8 Å². The largest absolute Gasteiger partial charge is 0.394 e. The van der Waals surface area contributed by atoms with Crippen LogP contribution in [0.15, 0.2) is 0 Å². The summed E-state index contributed by atoms with van der Waals surface area (Å²) in [5, 5.41) is 18.4. The van der Waals surface area contributed by atoms with Crippen molar-refractivity contribution < 1.29 is 24.4 Å². The molecule has 2 N–H and O–H groups in total. The third-order valence-corrected chi connectivity index (χ3v) is 1.58. The van der Waals surface area contributed by atoms with Crippen molar-refractivity contribution in [1.82, 2.24) is 0 Å². The lowest BCUT2D eigenvalue weighted by Crippen LogP contribution is -2.41. The molecule has 0 aliphatic carbocycles. The van der Waals surface area contributed by atoms with Crippen LogP contribution in [-0.4, -0.2) is 49.2 Å². The zero-order valence-corrected chi connectivity index (χ0v) is 9.57. The van der Waals surface area contributed by atoms with Gasteiger partial charge in [-0.1, -0.05) is 13.8 Å². The van der Waals surface area contributed by atoms with Gasteiger partial charge in [0.25, 0.3) is 0 Å². The predicted molar refractivity (Wildman–Crippen MR) is 55.3 cm³/mol. The number of hydrogen-bond acceptors (Lipinski definition) is 5. The van der Waals surface area contributed by atoms with Gasteiger partial charge in [0.15, 0.2) is 0 Å². The van der Waals surface area contributed by atoms with Crippen LogP contribution in [0.25, 0.3) is 0 Å². The van der Waals surface area contributed by atoms with Gasteiger partial charge >= 0.3 is 5.97 Å². The molecule has 0 bridgehead atoms. The highest BCUT2D eigenvalue weighted by Gasteiger charge is 2.29. The quantitative estimate of drug-likeness (QED) is 0.416. The molecule has 0 fully saturated rings. The fourth-order valence-corrected chi connectivity index (χ4v) is 0.914. The molecule has 92 valence electrons. The molecule has 0 aromatic rings. The maximum Gasteiger partial charge on any atom is 0.305 e. The zero-order valence-electron chi connectivity index (χ0n) is 9.57. The SMILES string of the molecule is CCCOC(O)(COCCO)OCCC. The second-order valence-electron chi connectivity index (χ2n) is 3.19. The summed E-state index contributed by atoms with van der Waals surface area (Å²) in [6, 6.07) is 0. The van der Waals surface area contributed by atoms with E-state index in [0.29, 0.717) is 13.2 Å². The molecule has 0 unspecified atom stereocenters. The van der Waals surface area contributed by atoms with Crippen molar-refractivity contribution in [3.05, 3.63) is 0 Å². The monoisotopic (exact) mass is 222 g/mol. The molecule has 0 spiro atoms. The molecule has 5 nitrogen and oxygen atoms in total. The van der Waals surface area contributed by atoms with E-state index >= 15 is 0 Å². The van der Waals surface area contributed by atoms with E-state index in [9.17, 15) is 5.11 Å². The predicted octanol–water partition coefficient (Wildman–Crippen LogP) is 0.495. The van der Waals surface area contributed by atoms with Crippen molar-refractivity contribution in [2.24, 2.45) is 0 Å². The van der Waals surface area contributed by atoms with E-state index < -0.39 is 5.97 Å². The molecule has 0 saturated carbocycles. The van der Waals surface area contributed by atoms with Crippen molar-refractivity contribution >= 4 is 0 Å². The Morgan fingerprint density at radius 1 is 1.00 bits per heavy atom. The number of hydrogen-bond donors (Lipinski definition) is 2. The smallest absolute Gasteiger partial charge is 0.305 e. The molecule has 0 saturated heterocycles. The van der Waals surface area contributed by atoms with Crippen LogP contribution in [0.3, 0.4) is 0 Å². The standard InChI is InChI=1S/C10H22O5/c1-3-6-14-10(12,15-7-4-2)9-13-8-5-11/h11-12H,3-9H2,1-2H3. The van der Waals surface area contributed by atoms with Crippen LogP contribution in [0.1, 0.15) is 26.7 Å². The minimum Gasteiger partial charge on any atom is -0.394 e. The van der Waals surface area contributed by atoms with E-state index in [1.54, 1.807) is 0 Å². The van der Waals surface area contributed by atoms with Crippen LogP contribution in [0, 0.1) is 0 Å². The fourth-order valence-electron chi connectivity index (χ4n) is 0.914. The number of ether oxygens (including phenoxy) is 3. The summed E-state index contributed by atoms with van der Waals surface area (Å²) in [5.74, 6) is -1.68. The molecule has 0 aromatic heterocycles. The first kappa shape index (κ1) is 14.8. The van der Waals surface area contributed by atoms with Crippen LogP contribution < -0.4 is 0 Å². The van der Waals surface area contributed by atoms with Gasteiger partial charge in [-0.25, -0.2) is 0 Å². The topological polar surface area (TPSA) is 68.2 Å². The van der Waals surface area contributed by atoms with E-state index in [1.165, 1.54) is 0 Å². The highest BCUT2D eigenvalue weighted by molar-refractivity contribution is 4.53. The lowest BCUT2D eigenvalue weighted by molar-refractivity contribution is -0.376. The summed E-state index contributed by atoms with van der Waals surface area (Å²) in [4.78, 5) is 0. The second-order valence-corrected chi connectivity index (χ2v) is 3.19. The Morgan fingerprint density at radius 3 is 1.93 bits per heavy atom. The Balaban J connectivity index is 3.89. The molecule has 0 aliphatic rings. The van der Waals surface area contributed by atoms with Gasteiger partial charge < -0.3 is 24.4 Å². The average Bonchev–Trinajstić information content (AvgIpc) is 2.24. The number of aliphatic hydroxyl groups excluding tert-OH is 1. The maximum atomic E-state index is 9.85. The van der Waals surface area contributed by atoms with Gasteiger partial charge in [0.05, 0.1) is 26.4 Å². The van der Waals surface area contributed by atoms with E-state index in [0.717, 1.165) is 12.8 Å². The van der Waals surface area contributed by atoms with Crippen LogP contribution >= 0.6 is 0 Å². The summed E-state index contributed by atoms with van der Waals surface area (Å²) in [6.45, 7) is 4.67. The Labute approximate surface area is 91.0 Å². The van der Waals surface area contributed by atoms with Crippen LogP contribution in [0.4, 0.5) is 0 Å². The summed E-state index contributed by atoms with van der Waals surface area (Å²) in [6.07, 6.45) is 1.58. The van der Waals surface area contributed by atoms with Crippen molar-refractivity contribution in [3.63, 3.8) is 0 Å². The molecule has 0 radical (unpaired) electrons. The van der Waals surface area contributed by atoms with Crippen molar-refractivity contribution in [2.75, 3.05) is 33.0 Å². The lowest BCUT2D eigenvalue weighted by Gasteiger charge is -2.27. The molecule has 5 heteroatoms. The summed E-state index contributed by atoms with van der Waals surface area (Å²) in [5.41, 5.74) is 0. The molecule has 0 aromatic carbocycles. The Bertz CT molecular complexity index is 132. The minimum atomic E-state index is -1.68. The van der Waals surface area contributed by atoms with Gasteiger partial charge in [-0.15, -0.1) is 0 Å². The molecule has 0 heterocycles. The molecule has 0 atom stereocenters. The van der Waals surface area contributed by atoms with Crippen molar-refractivity contribution in [1.29, 1.82) is 0 Å². The highest BCUT2D eigenvalue weighted by atomic mass is 16.8. The van der Waals surface area contributed by atoms with Crippen molar-refractivity contribution in [2.45, 2.75) is 32.7 Å². The van der Waals surface area contributed by atoms with Gasteiger partial charge in [-0.3, -0.25) is 0 Å². The molecule has 0 aliphatic heterocycles. The van der Waals surface area contributed by atoms with Crippen molar-refractivity contribution in [3.8, 4) is 0 Å². The average molecular weight is 222 g/mol. The first-order valence-corrected chi connectivity index (χ1v) is 5.37. The third-order valence-electron chi connectivity index (χ3n) is 1.58. The zero-order chi connectivity index (χ0) is 11.6. The molecular formula is C10H22O5. The molecular weight excluding hydrogens is 200 g/mol. The van der Waals surface area contributed by atoms with Crippen LogP contribution in [0.2, 0.25) is 0 Å². The van der Waals surface area contributed by atoms with E-state index in [-0.39, 0.29) is 19.8 Å². The maximum absolute atomic E-state index is 9.85. The van der Waals surface area contributed by atoms with Gasteiger partial charge in [-0.05, 0) is 12.8 Å². The Kier molecular flexibility index (Phi) is 8.94. The summed E-state index contributed by atoms with van der Waals surface area (Å²) < 4.78 is 15.3. The first-order chi connectivity index (χ1) is 7.18. The normalized spacial score (nSPS) is 12.0. The van der Waals surface area contributed by atoms with Gasteiger partial charge in [0.1, 0.15) is 6.61 Å². The molecule has 0 rings (SSSR count). The first-order valence-electron chi connectivity index (χ1n) is 5.37. The van der Waals surface area contributed by atoms with Gasteiger partial charge in [0, 0.05) is 0 Å². The molecule has 0 amide bonds. The summed E-state index contributed by atoms with van der Waals surface area (Å²) in [7, 11) is 0. The minimum absolute atomic E-state index is 0.0857. The van der Waals surface area contributed by atoms with Crippen LogP contribution in [-0.2, 0) is 14.2 Å². The summed E-state index contributed by atoms with van der Waals surface area (Å²) >= 11 is 0. The van der Waals surface area contributed by atoms with Gasteiger partial charge in [0.2, 0.25) is 0 Å². The Morgan fingerprint density at radius 2 is 1.53 bits per heavy atom. The Hall–Kier alpha value is -0.200. The van der Waals surface area contributed by atoms with Gasteiger partial charge in [-0.2, -0.15) is 0 Å². The third kappa shape index (κ3) is 7.70. The molecule has 15 heavy (non-hydrogen) atoms. The fraction of sp³-hybridized carbons (Fsp3) is 1.00. The number of rotatable bonds is 10. The van der Waals surface area contributed by atoms with Crippen LogP contribution in [0.5, 0.6) is 0 Å².